The Kier molecular flexibility index (Phi) is 5.51. The van der Waals surface area contributed by atoms with Gasteiger partial charge in [0.2, 0.25) is 11.1 Å². The normalized spacial score (nSPS) is 15.5. The highest BCUT2D eigenvalue weighted by atomic mass is 35.5. The summed E-state index contributed by atoms with van der Waals surface area (Å²) in [7, 11) is 0. The summed E-state index contributed by atoms with van der Waals surface area (Å²) in [5.41, 5.74) is 0.617. The molecule has 0 spiro atoms. The van der Waals surface area contributed by atoms with Gasteiger partial charge in [-0.15, -0.1) is 5.10 Å². The summed E-state index contributed by atoms with van der Waals surface area (Å²) < 4.78 is 1.87. The van der Waals surface area contributed by atoms with Crippen molar-refractivity contribution >= 4 is 35.0 Å². The number of aromatic nitrogens is 4. The maximum Gasteiger partial charge on any atom is 0.234 e. The fourth-order valence-electron chi connectivity index (χ4n) is 2.71. The van der Waals surface area contributed by atoms with Gasteiger partial charge in [0, 0.05) is 0 Å². The first-order chi connectivity index (χ1) is 11.2. The topological polar surface area (TPSA) is 72.7 Å². The average molecular weight is 352 g/mol. The zero-order chi connectivity index (χ0) is 16.1. The van der Waals surface area contributed by atoms with Crippen LogP contribution in [0.15, 0.2) is 29.4 Å². The van der Waals surface area contributed by atoms with Crippen LogP contribution in [0.2, 0.25) is 5.02 Å². The molecule has 3 rings (SSSR count). The van der Waals surface area contributed by atoms with E-state index >= 15 is 0 Å². The number of para-hydroxylation sites is 1. The van der Waals surface area contributed by atoms with Crippen molar-refractivity contribution in [1.29, 1.82) is 0 Å². The number of nitrogens with one attached hydrogen (secondary N) is 1. The molecule has 1 N–H and O–H groups in total. The van der Waals surface area contributed by atoms with Crippen LogP contribution in [0.25, 0.3) is 0 Å². The molecule has 6 nitrogen and oxygen atoms in total. The van der Waals surface area contributed by atoms with Gasteiger partial charge < -0.3 is 5.32 Å². The molecule has 122 valence electrons. The number of hydrogen-bond donors (Lipinski definition) is 1. The van der Waals surface area contributed by atoms with Crippen LogP contribution >= 0.6 is 23.4 Å². The molecule has 23 heavy (non-hydrogen) atoms. The lowest BCUT2D eigenvalue weighted by Crippen LogP contribution is -2.17. The summed E-state index contributed by atoms with van der Waals surface area (Å²) in [5, 5.41) is 15.9. The van der Waals surface area contributed by atoms with Crippen molar-refractivity contribution in [3.8, 4) is 0 Å². The second kappa shape index (κ2) is 7.79. The molecule has 0 aliphatic heterocycles. The maximum atomic E-state index is 12.1. The van der Waals surface area contributed by atoms with Gasteiger partial charge in [0.1, 0.15) is 0 Å². The van der Waals surface area contributed by atoms with Crippen molar-refractivity contribution in [2.75, 3.05) is 11.1 Å². The van der Waals surface area contributed by atoms with Crippen LogP contribution in [0.3, 0.4) is 0 Å². The van der Waals surface area contributed by atoms with E-state index in [4.69, 9.17) is 11.6 Å². The highest BCUT2D eigenvalue weighted by Gasteiger charge is 2.20. The number of rotatable bonds is 5. The monoisotopic (exact) mass is 351 g/mol. The van der Waals surface area contributed by atoms with Crippen molar-refractivity contribution in [1.82, 2.24) is 20.2 Å². The van der Waals surface area contributed by atoms with Gasteiger partial charge in [0.05, 0.1) is 22.5 Å². The van der Waals surface area contributed by atoms with Crippen molar-refractivity contribution in [3.05, 3.63) is 29.3 Å². The second-order valence-corrected chi connectivity index (χ2v) is 6.86. The predicted octanol–water partition coefficient (Wildman–Crippen LogP) is 3.56. The van der Waals surface area contributed by atoms with E-state index < -0.39 is 0 Å². The van der Waals surface area contributed by atoms with E-state index in [0.717, 1.165) is 12.8 Å². The fraction of sp³-hybridized carbons (Fsp3) is 0.467. The van der Waals surface area contributed by atoms with Crippen LogP contribution in [0, 0.1) is 0 Å². The molecule has 0 unspecified atom stereocenters. The molecule has 0 bridgehead atoms. The Hall–Kier alpha value is -1.60. The number of benzene rings is 1. The van der Waals surface area contributed by atoms with E-state index in [1.807, 2.05) is 16.8 Å². The van der Waals surface area contributed by atoms with E-state index in [1.54, 1.807) is 12.1 Å². The van der Waals surface area contributed by atoms with Gasteiger partial charge in [-0.2, -0.15) is 0 Å². The number of anilines is 1. The van der Waals surface area contributed by atoms with Gasteiger partial charge in [-0.25, -0.2) is 4.68 Å². The Bertz CT molecular complexity index is 671. The summed E-state index contributed by atoms with van der Waals surface area (Å²) in [4.78, 5) is 12.1. The first-order valence-electron chi connectivity index (χ1n) is 7.69. The van der Waals surface area contributed by atoms with Gasteiger partial charge in [0.15, 0.2) is 0 Å². The van der Waals surface area contributed by atoms with Crippen LogP contribution in [-0.2, 0) is 4.79 Å². The van der Waals surface area contributed by atoms with Crippen LogP contribution in [0.5, 0.6) is 0 Å². The van der Waals surface area contributed by atoms with E-state index in [-0.39, 0.29) is 11.7 Å². The smallest absolute Gasteiger partial charge is 0.234 e. The summed E-state index contributed by atoms with van der Waals surface area (Å²) in [6.07, 6.45) is 5.90. The van der Waals surface area contributed by atoms with Gasteiger partial charge in [-0.1, -0.05) is 54.8 Å². The third-order valence-corrected chi connectivity index (χ3v) is 5.13. The Labute approximate surface area is 144 Å². The first-order valence-corrected chi connectivity index (χ1v) is 9.05. The van der Waals surface area contributed by atoms with Crippen LogP contribution in [0.4, 0.5) is 5.69 Å². The number of hydrogen-bond acceptors (Lipinski definition) is 5. The van der Waals surface area contributed by atoms with Crippen molar-refractivity contribution < 1.29 is 4.79 Å². The molecule has 0 radical (unpaired) electrons. The summed E-state index contributed by atoms with van der Waals surface area (Å²) in [6.45, 7) is 0. The highest BCUT2D eigenvalue weighted by Crippen LogP contribution is 2.30. The lowest BCUT2D eigenvalue weighted by Gasteiger charge is -2.21. The molecule has 1 aromatic heterocycles. The van der Waals surface area contributed by atoms with Gasteiger partial charge in [-0.05, 0) is 35.4 Å². The van der Waals surface area contributed by atoms with Crippen molar-refractivity contribution in [2.45, 2.75) is 43.3 Å². The van der Waals surface area contributed by atoms with Crippen LogP contribution in [-0.4, -0.2) is 31.9 Å². The van der Waals surface area contributed by atoms with Crippen LogP contribution < -0.4 is 5.32 Å². The van der Waals surface area contributed by atoms with E-state index in [2.05, 4.69) is 20.8 Å². The minimum absolute atomic E-state index is 0.124. The summed E-state index contributed by atoms with van der Waals surface area (Å²) in [6, 6.07) is 7.53. The Balaban J connectivity index is 1.57. The number of amides is 1. The molecule has 1 aliphatic carbocycles. The molecule has 2 aromatic rings. The van der Waals surface area contributed by atoms with Crippen LogP contribution in [0.1, 0.15) is 38.1 Å². The lowest BCUT2D eigenvalue weighted by atomic mass is 9.96. The Morgan fingerprint density at radius 3 is 2.87 bits per heavy atom. The number of tetrazole rings is 1. The molecule has 1 heterocycles. The number of carbonyl (C=O) groups is 1. The van der Waals surface area contributed by atoms with E-state index in [0.29, 0.717) is 21.9 Å². The molecule has 1 aliphatic rings. The molecule has 1 saturated carbocycles. The van der Waals surface area contributed by atoms with Gasteiger partial charge in [0.25, 0.3) is 0 Å². The summed E-state index contributed by atoms with van der Waals surface area (Å²) >= 11 is 7.39. The Morgan fingerprint density at radius 2 is 2.09 bits per heavy atom. The number of halogens is 1. The highest BCUT2D eigenvalue weighted by molar-refractivity contribution is 7.99. The molecule has 1 fully saturated rings. The number of nitrogens with zero attached hydrogens (tertiary/aromatic N) is 4. The third kappa shape index (κ3) is 4.23. The number of carbonyl (C=O) groups excluding carboxylic acids is 1. The first kappa shape index (κ1) is 16.3. The van der Waals surface area contributed by atoms with Crippen molar-refractivity contribution in [3.63, 3.8) is 0 Å². The predicted molar refractivity (Wildman–Crippen MR) is 90.7 cm³/mol. The van der Waals surface area contributed by atoms with Gasteiger partial charge in [-0.3, -0.25) is 4.79 Å². The maximum absolute atomic E-state index is 12.1. The Morgan fingerprint density at radius 1 is 1.30 bits per heavy atom. The zero-order valence-electron chi connectivity index (χ0n) is 12.6. The van der Waals surface area contributed by atoms with Crippen molar-refractivity contribution in [2.24, 2.45) is 0 Å². The van der Waals surface area contributed by atoms with E-state index in [9.17, 15) is 4.79 Å². The second-order valence-electron chi connectivity index (χ2n) is 5.51. The fourth-order valence-corrected chi connectivity index (χ4v) is 3.64. The third-order valence-electron chi connectivity index (χ3n) is 3.86. The standard InChI is InChI=1S/C15H18ClN5OS/c16-12-8-4-5-9-13(12)17-14(22)10-23-15-18-19-20-21(15)11-6-2-1-3-7-11/h4-5,8-9,11H,1-3,6-7,10H2,(H,17,22). The van der Waals surface area contributed by atoms with E-state index in [1.165, 1.54) is 31.0 Å². The largest absolute Gasteiger partial charge is 0.324 e. The average Bonchev–Trinajstić information content (AvgIpc) is 3.04. The SMILES string of the molecule is O=C(CSc1nnnn1C1CCCCC1)Nc1ccccc1Cl. The zero-order valence-corrected chi connectivity index (χ0v) is 14.2. The minimum atomic E-state index is -0.124. The molecule has 1 aromatic carbocycles. The molecule has 0 saturated heterocycles. The minimum Gasteiger partial charge on any atom is -0.324 e. The molecular weight excluding hydrogens is 334 g/mol. The summed E-state index contributed by atoms with van der Waals surface area (Å²) in [5.74, 6) is 0.125. The molecular formula is C15H18ClN5OS. The molecule has 1 amide bonds. The quantitative estimate of drug-likeness (QED) is 0.834. The molecule has 0 atom stereocenters. The number of thioether (sulfide) groups is 1. The lowest BCUT2D eigenvalue weighted by molar-refractivity contribution is -0.113. The van der Waals surface area contributed by atoms with Gasteiger partial charge >= 0.3 is 0 Å². The molecule has 8 heteroatoms.